The fourth-order valence-corrected chi connectivity index (χ4v) is 2.86. The Labute approximate surface area is 140 Å². The van der Waals surface area contributed by atoms with Crippen LogP contribution in [0.3, 0.4) is 0 Å². The number of hydrogen-bond donors (Lipinski definition) is 0. The molecule has 0 saturated carbocycles. The van der Waals surface area contributed by atoms with E-state index < -0.39 is 5.60 Å². The molecular formula is C19H28O2S. The first-order chi connectivity index (χ1) is 10.0. The molecule has 0 amide bonds. The average Bonchev–Trinajstić information content (AvgIpc) is 2.33. The first-order valence-corrected chi connectivity index (χ1v) is 8.28. The Balaban J connectivity index is 2.82. The van der Waals surface area contributed by atoms with Gasteiger partial charge in [-0.05, 0) is 75.3 Å². The lowest BCUT2D eigenvalue weighted by atomic mass is 9.91. The zero-order chi connectivity index (χ0) is 17.1. The predicted molar refractivity (Wildman–Crippen MR) is 96.8 cm³/mol. The number of esters is 1. The monoisotopic (exact) mass is 320 g/mol. The van der Waals surface area contributed by atoms with Crippen LogP contribution in [0.1, 0.15) is 75.6 Å². The molecule has 0 bridgehead atoms. The number of thiocarbonyl (C=S) groups is 1. The molecule has 1 rings (SSSR count). The lowest BCUT2D eigenvalue weighted by Gasteiger charge is -2.20. The fraction of sp³-hybridized carbons (Fsp3) is 0.579. The zero-order valence-electron chi connectivity index (χ0n) is 14.9. The van der Waals surface area contributed by atoms with Crippen LogP contribution in [0.5, 0.6) is 0 Å². The maximum absolute atomic E-state index is 11.8. The summed E-state index contributed by atoms with van der Waals surface area (Å²) < 4.78 is 5.34. The summed E-state index contributed by atoms with van der Waals surface area (Å²) in [5, 5.41) is 0. The van der Waals surface area contributed by atoms with Crippen molar-refractivity contribution in [2.24, 2.45) is 0 Å². The van der Waals surface area contributed by atoms with Crippen molar-refractivity contribution in [2.45, 2.75) is 72.8 Å². The van der Waals surface area contributed by atoms with Crippen molar-refractivity contribution in [3.05, 3.63) is 34.4 Å². The molecule has 0 fully saturated rings. The molecule has 0 aliphatic carbocycles. The van der Waals surface area contributed by atoms with E-state index in [4.69, 9.17) is 17.0 Å². The summed E-state index contributed by atoms with van der Waals surface area (Å²) in [6, 6.07) is 4.37. The van der Waals surface area contributed by atoms with E-state index in [0.29, 0.717) is 18.8 Å². The van der Waals surface area contributed by atoms with Crippen LogP contribution < -0.4 is 0 Å². The third kappa shape index (κ3) is 5.53. The predicted octanol–water partition coefficient (Wildman–Crippen LogP) is 5.27. The van der Waals surface area contributed by atoms with Gasteiger partial charge in [-0.2, -0.15) is 0 Å². The highest BCUT2D eigenvalue weighted by Gasteiger charge is 2.17. The summed E-state index contributed by atoms with van der Waals surface area (Å²) in [4.78, 5) is 12.7. The molecule has 3 heteroatoms. The molecule has 0 aromatic heterocycles. The molecule has 0 spiro atoms. The molecule has 0 radical (unpaired) electrons. The first kappa shape index (κ1) is 18.8. The van der Waals surface area contributed by atoms with Gasteiger partial charge in [0.15, 0.2) is 0 Å². The van der Waals surface area contributed by atoms with Gasteiger partial charge in [-0.3, -0.25) is 4.79 Å². The van der Waals surface area contributed by atoms with E-state index in [0.717, 1.165) is 10.4 Å². The van der Waals surface area contributed by atoms with Crippen LogP contribution in [-0.4, -0.2) is 16.4 Å². The summed E-state index contributed by atoms with van der Waals surface area (Å²) in [5.74, 6) is 0.275. The van der Waals surface area contributed by atoms with Gasteiger partial charge in [-0.15, -0.1) is 0 Å². The van der Waals surface area contributed by atoms with Crippen LogP contribution in [0.25, 0.3) is 0 Å². The van der Waals surface area contributed by atoms with Crippen molar-refractivity contribution in [1.29, 1.82) is 0 Å². The van der Waals surface area contributed by atoms with Gasteiger partial charge >= 0.3 is 5.97 Å². The van der Waals surface area contributed by atoms with Gasteiger partial charge in [0, 0.05) is 4.86 Å². The normalized spacial score (nSPS) is 11.6. The van der Waals surface area contributed by atoms with E-state index in [2.05, 4.69) is 39.8 Å². The minimum Gasteiger partial charge on any atom is -0.460 e. The molecule has 0 aliphatic heterocycles. The van der Waals surface area contributed by atoms with Crippen molar-refractivity contribution in [1.82, 2.24) is 0 Å². The van der Waals surface area contributed by atoms with E-state index in [-0.39, 0.29) is 5.97 Å². The molecule has 22 heavy (non-hydrogen) atoms. The maximum atomic E-state index is 11.8. The summed E-state index contributed by atoms with van der Waals surface area (Å²) in [6.07, 6.45) is 0.895. The molecular weight excluding hydrogens is 292 g/mol. The molecule has 0 unspecified atom stereocenters. The van der Waals surface area contributed by atoms with Crippen LogP contribution in [0.4, 0.5) is 0 Å². The molecule has 1 aromatic carbocycles. The average molecular weight is 320 g/mol. The van der Waals surface area contributed by atoms with Crippen LogP contribution in [-0.2, 0) is 9.53 Å². The van der Waals surface area contributed by atoms with Gasteiger partial charge in [0.2, 0.25) is 0 Å². The van der Waals surface area contributed by atoms with E-state index >= 15 is 0 Å². The van der Waals surface area contributed by atoms with Gasteiger partial charge in [-0.1, -0.05) is 32.1 Å². The van der Waals surface area contributed by atoms with E-state index in [9.17, 15) is 4.79 Å². The van der Waals surface area contributed by atoms with Gasteiger partial charge in [0.25, 0.3) is 0 Å². The summed E-state index contributed by atoms with van der Waals surface area (Å²) in [6.45, 7) is 14.2. The van der Waals surface area contributed by atoms with Crippen molar-refractivity contribution in [3.63, 3.8) is 0 Å². The number of hydrogen-bond acceptors (Lipinski definition) is 3. The van der Waals surface area contributed by atoms with Crippen LogP contribution >= 0.6 is 12.2 Å². The largest absolute Gasteiger partial charge is 0.460 e. The zero-order valence-corrected chi connectivity index (χ0v) is 15.7. The third-order valence-corrected chi connectivity index (χ3v) is 3.94. The van der Waals surface area contributed by atoms with Crippen molar-refractivity contribution in [3.8, 4) is 0 Å². The Morgan fingerprint density at radius 2 is 1.73 bits per heavy atom. The van der Waals surface area contributed by atoms with E-state index in [1.54, 1.807) is 0 Å². The smallest absolute Gasteiger partial charge is 0.306 e. The number of rotatable bonds is 5. The third-order valence-electron chi connectivity index (χ3n) is 3.51. The highest BCUT2D eigenvalue weighted by molar-refractivity contribution is 7.80. The number of carbonyl (C=O) groups is 1. The van der Waals surface area contributed by atoms with Crippen LogP contribution in [0, 0.1) is 13.8 Å². The van der Waals surface area contributed by atoms with E-state index in [1.165, 1.54) is 16.7 Å². The lowest BCUT2D eigenvalue weighted by Crippen LogP contribution is -2.24. The minimum absolute atomic E-state index is 0.191. The second-order valence-electron chi connectivity index (χ2n) is 7.19. The lowest BCUT2D eigenvalue weighted by molar-refractivity contribution is -0.154. The summed E-state index contributed by atoms with van der Waals surface area (Å²) >= 11 is 5.55. The maximum Gasteiger partial charge on any atom is 0.306 e. The van der Waals surface area contributed by atoms with Crippen molar-refractivity contribution in [2.75, 3.05) is 0 Å². The quantitative estimate of drug-likeness (QED) is 0.420. The molecule has 0 N–H and O–H groups in total. The number of benzene rings is 1. The Bertz CT molecular complexity index is 566. The number of aryl methyl sites for hydroxylation is 2. The molecule has 0 saturated heterocycles. The van der Waals surface area contributed by atoms with Crippen molar-refractivity contribution >= 4 is 23.1 Å². The Hall–Kier alpha value is -1.22. The topological polar surface area (TPSA) is 26.3 Å². The van der Waals surface area contributed by atoms with Gasteiger partial charge in [-0.25, -0.2) is 0 Å². The van der Waals surface area contributed by atoms with Gasteiger partial charge in [0.1, 0.15) is 5.60 Å². The minimum atomic E-state index is -0.441. The number of carbonyl (C=O) groups excluding carboxylic acids is 1. The van der Waals surface area contributed by atoms with Crippen LogP contribution in [0.2, 0.25) is 0 Å². The summed E-state index contributed by atoms with van der Waals surface area (Å²) in [7, 11) is 0. The van der Waals surface area contributed by atoms with Crippen molar-refractivity contribution < 1.29 is 9.53 Å². The summed E-state index contributed by atoms with van der Waals surface area (Å²) in [5.41, 5.74) is 4.44. The van der Waals surface area contributed by atoms with Gasteiger partial charge < -0.3 is 4.74 Å². The second kappa shape index (κ2) is 7.36. The fourth-order valence-electron chi connectivity index (χ4n) is 2.53. The highest BCUT2D eigenvalue weighted by Crippen LogP contribution is 2.24. The SMILES string of the molecule is Cc1cc(C)c(C(C)C)cc1C(=S)CCC(=O)OC(C)(C)C. The van der Waals surface area contributed by atoms with Gasteiger partial charge in [0.05, 0.1) is 6.42 Å². The highest BCUT2D eigenvalue weighted by atomic mass is 32.1. The second-order valence-corrected chi connectivity index (χ2v) is 7.68. The molecule has 122 valence electrons. The Morgan fingerprint density at radius 3 is 2.23 bits per heavy atom. The first-order valence-electron chi connectivity index (χ1n) is 7.87. The Kier molecular flexibility index (Phi) is 6.30. The standard InChI is InChI=1S/C19H28O2S/c1-12(2)15-11-16(14(4)10-13(15)3)17(22)8-9-18(20)21-19(5,6)7/h10-12H,8-9H2,1-7H3. The molecule has 0 heterocycles. The molecule has 0 aliphatic rings. The molecule has 2 nitrogen and oxygen atoms in total. The Morgan fingerprint density at radius 1 is 1.14 bits per heavy atom. The van der Waals surface area contributed by atoms with E-state index in [1.807, 2.05) is 20.8 Å². The van der Waals surface area contributed by atoms with Crippen LogP contribution in [0.15, 0.2) is 12.1 Å². The molecule has 1 aromatic rings. The molecule has 0 atom stereocenters. The number of ether oxygens (including phenoxy) is 1.